The van der Waals surface area contributed by atoms with E-state index in [2.05, 4.69) is 10.1 Å². The lowest BCUT2D eigenvalue weighted by Gasteiger charge is -2.08. The van der Waals surface area contributed by atoms with Gasteiger partial charge in [-0.3, -0.25) is 0 Å². The van der Waals surface area contributed by atoms with Crippen LogP contribution in [0.25, 0.3) is 16.6 Å². The Hall–Kier alpha value is -2.41. The highest BCUT2D eigenvalue weighted by atomic mass is 19.4. The third kappa shape index (κ3) is 2.47. The summed E-state index contributed by atoms with van der Waals surface area (Å²) in [6.07, 6.45) is -3.23. The molecule has 0 aliphatic carbocycles. The number of alkyl halides is 3. The summed E-state index contributed by atoms with van der Waals surface area (Å²) in [5, 5.41) is 5.13. The molecule has 0 amide bonds. The fraction of sp³-hybridized carbons (Fsp3) is 0.143. The number of rotatable bonds is 2. The van der Waals surface area contributed by atoms with Gasteiger partial charge in [0.15, 0.2) is 11.5 Å². The van der Waals surface area contributed by atoms with E-state index in [1.807, 2.05) is 18.2 Å². The van der Waals surface area contributed by atoms with E-state index < -0.39 is 11.9 Å². The normalized spacial score (nSPS) is 12.0. The molecule has 0 saturated heterocycles. The highest BCUT2D eigenvalue weighted by molar-refractivity contribution is 5.88. The van der Waals surface area contributed by atoms with Gasteiger partial charge in [0, 0.05) is 18.1 Å². The van der Waals surface area contributed by atoms with Crippen molar-refractivity contribution in [3.05, 3.63) is 54.0 Å². The van der Waals surface area contributed by atoms with Crippen LogP contribution in [-0.4, -0.2) is 14.8 Å². The van der Waals surface area contributed by atoms with Crippen LogP contribution in [0.2, 0.25) is 0 Å². The zero-order valence-corrected chi connectivity index (χ0v) is 10.8. The van der Waals surface area contributed by atoms with E-state index in [0.717, 1.165) is 16.1 Å². The third-order valence-electron chi connectivity index (χ3n) is 3.08. The second-order valence-corrected chi connectivity index (χ2v) is 4.51. The van der Waals surface area contributed by atoms with E-state index in [9.17, 15) is 13.2 Å². The number of nitrogens with zero attached hydrogens (tertiary/aromatic N) is 3. The van der Waals surface area contributed by atoms with Crippen LogP contribution in [0.5, 0.6) is 0 Å². The highest BCUT2D eigenvalue weighted by Crippen LogP contribution is 2.28. The topological polar surface area (TPSA) is 56.7 Å². The molecule has 0 saturated carbocycles. The minimum absolute atomic E-state index is 0.200. The number of benzene rings is 1. The molecule has 0 atom stereocenters. The van der Waals surface area contributed by atoms with Crippen LogP contribution < -0.4 is 5.73 Å². The molecule has 2 heterocycles. The molecule has 108 valence electrons. The molecule has 3 aromatic rings. The van der Waals surface area contributed by atoms with Crippen molar-refractivity contribution in [2.45, 2.75) is 12.7 Å². The predicted octanol–water partition coefficient (Wildman–Crippen LogP) is 2.90. The molecule has 2 aromatic heterocycles. The lowest BCUT2D eigenvalue weighted by molar-refractivity contribution is -0.141. The zero-order valence-electron chi connectivity index (χ0n) is 10.8. The van der Waals surface area contributed by atoms with E-state index in [-0.39, 0.29) is 6.54 Å². The summed E-state index contributed by atoms with van der Waals surface area (Å²) in [6.45, 7) is 0.200. The van der Waals surface area contributed by atoms with Crippen LogP contribution in [0.3, 0.4) is 0 Å². The fourth-order valence-corrected chi connectivity index (χ4v) is 2.11. The van der Waals surface area contributed by atoms with E-state index in [1.165, 1.54) is 6.20 Å². The number of aromatic nitrogens is 3. The molecule has 0 spiro atoms. The van der Waals surface area contributed by atoms with Crippen molar-refractivity contribution in [1.29, 1.82) is 0 Å². The Kier molecular flexibility index (Phi) is 3.13. The molecule has 1 aromatic carbocycles. The number of hydrogen-bond donors (Lipinski definition) is 1. The maximum absolute atomic E-state index is 12.7. The monoisotopic (exact) mass is 292 g/mol. The molecule has 0 aliphatic rings. The minimum atomic E-state index is -4.48. The smallest absolute Gasteiger partial charge is 0.325 e. The van der Waals surface area contributed by atoms with E-state index in [1.54, 1.807) is 12.1 Å². The Morgan fingerprint density at radius 2 is 1.90 bits per heavy atom. The summed E-state index contributed by atoms with van der Waals surface area (Å²) >= 11 is 0. The van der Waals surface area contributed by atoms with Crippen molar-refractivity contribution in [1.82, 2.24) is 14.8 Å². The minimum Gasteiger partial charge on any atom is -0.325 e. The molecule has 0 bridgehead atoms. The van der Waals surface area contributed by atoms with Gasteiger partial charge in [0.05, 0.1) is 5.69 Å². The standard InChI is InChI=1S/C14H11F3N4/c15-14(16,17)12-5-6-21(20-12)13-11-4-2-1-3-9(11)7-10(8-18)19-13/h1-7H,8,18H2. The van der Waals surface area contributed by atoms with Gasteiger partial charge in [-0.2, -0.15) is 18.3 Å². The highest BCUT2D eigenvalue weighted by Gasteiger charge is 2.33. The van der Waals surface area contributed by atoms with E-state index in [4.69, 9.17) is 5.73 Å². The summed E-state index contributed by atoms with van der Waals surface area (Å²) in [4.78, 5) is 4.29. The maximum atomic E-state index is 12.7. The molecule has 7 heteroatoms. The summed E-state index contributed by atoms with van der Waals surface area (Å²) < 4.78 is 39.1. The largest absolute Gasteiger partial charge is 0.435 e. The molecule has 4 nitrogen and oxygen atoms in total. The van der Waals surface area contributed by atoms with Crippen molar-refractivity contribution >= 4 is 10.8 Å². The molecular weight excluding hydrogens is 281 g/mol. The van der Waals surface area contributed by atoms with Crippen molar-refractivity contribution < 1.29 is 13.2 Å². The van der Waals surface area contributed by atoms with Crippen LogP contribution in [0.15, 0.2) is 42.6 Å². The first kappa shape index (κ1) is 13.6. The van der Waals surface area contributed by atoms with Gasteiger partial charge in [-0.05, 0) is 17.5 Å². The van der Waals surface area contributed by atoms with Gasteiger partial charge in [0.25, 0.3) is 0 Å². The van der Waals surface area contributed by atoms with Gasteiger partial charge in [-0.1, -0.05) is 24.3 Å². The van der Waals surface area contributed by atoms with Crippen LogP contribution in [0.1, 0.15) is 11.4 Å². The van der Waals surface area contributed by atoms with Gasteiger partial charge in [-0.25, -0.2) is 9.67 Å². The van der Waals surface area contributed by atoms with E-state index in [0.29, 0.717) is 16.9 Å². The second kappa shape index (κ2) is 4.85. The molecule has 2 N–H and O–H groups in total. The van der Waals surface area contributed by atoms with Gasteiger partial charge in [-0.15, -0.1) is 0 Å². The lowest BCUT2D eigenvalue weighted by atomic mass is 10.1. The number of hydrogen-bond acceptors (Lipinski definition) is 3. The number of halogens is 3. The second-order valence-electron chi connectivity index (χ2n) is 4.51. The van der Waals surface area contributed by atoms with E-state index >= 15 is 0 Å². The zero-order chi connectivity index (χ0) is 15.0. The first-order valence-electron chi connectivity index (χ1n) is 6.21. The Bertz CT molecular complexity index is 792. The van der Waals surface area contributed by atoms with Crippen LogP contribution in [0, 0.1) is 0 Å². The molecule has 0 unspecified atom stereocenters. The fourth-order valence-electron chi connectivity index (χ4n) is 2.11. The number of pyridine rings is 1. The SMILES string of the molecule is NCc1cc2ccccc2c(-n2ccc(C(F)(F)F)n2)n1. The first-order chi connectivity index (χ1) is 9.99. The Labute approximate surface area is 118 Å². The molecule has 0 fully saturated rings. The van der Waals surface area contributed by atoms with Crippen LogP contribution in [0.4, 0.5) is 13.2 Å². The van der Waals surface area contributed by atoms with Gasteiger partial charge in [0.1, 0.15) is 0 Å². The first-order valence-corrected chi connectivity index (χ1v) is 6.21. The Morgan fingerprint density at radius 3 is 2.57 bits per heavy atom. The van der Waals surface area contributed by atoms with Crippen molar-refractivity contribution in [2.24, 2.45) is 5.73 Å². The molecule has 0 aliphatic heterocycles. The average Bonchev–Trinajstić information content (AvgIpc) is 2.95. The Morgan fingerprint density at radius 1 is 1.14 bits per heavy atom. The molecular formula is C14H11F3N4. The van der Waals surface area contributed by atoms with Crippen LogP contribution >= 0.6 is 0 Å². The van der Waals surface area contributed by atoms with Crippen molar-refractivity contribution in [3.8, 4) is 5.82 Å². The van der Waals surface area contributed by atoms with Gasteiger partial charge in [0.2, 0.25) is 0 Å². The average molecular weight is 292 g/mol. The quantitative estimate of drug-likeness (QED) is 0.790. The summed E-state index contributed by atoms with van der Waals surface area (Å²) in [5.74, 6) is 0.337. The lowest BCUT2D eigenvalue weighted by Crippen LogP contribution is -2.09. The predicted molar refractivity (Wildman–Crippen MR) is 71.8 cm³/mol. The van der Waals surface area contributed by atoms with Crippen LogP contribution in [-0.2, 0) is 12.7 Å². The molecule has 3 rings (SSSR count). The number of fused-ring (bicyclic) bond motifs is 1. The third-order valence-corrected chi connectivity index (χ3v) is 3.08. The van der Waals surface area contributed by atoms with Gasteiger partial charge < -0.3 is 5.73 Å². The van der Waals surface area contributed by atoms with Gasteiger partial charge >= 0.3 is 6.18 Å². The van der Waals surface area contributed by atoms with Crippen molar-refractivity contribution in [2.75, 3.05) is 0 Å². The molecule has 21 heavy (non-hydrogen) atoms. The summed E-state index contributed by atoms with van der Waals surface area (Å²) in [7, 11) is 0. The maximum Gasteiger partial charge on any atom is 0.435 e. The summed E-state index contributed by atoms with van der Waals surface area (Å²) in [6, 6.07) is 10.0. The number of nitrogens with two attached hydrogens (primary N) is 1. The van der Waals surface area contributed by atoms with Crippen molar-refractivity contribution in [3.63, 3.8) is 0 Å². The Balaban J connectivity index is 2.21. The summed E-state index contributed by atoms with van der Waals surface area (Å²) in [5.41, 5.74) is 5.23. The molecule has 0 radical (unpaired) electrons.